The summed E-state index contributed by atoms with van der Waals surface area (Å²) >= 11 is 0. The molecule has 1 aliphatic carbocycles. The van der Waals surface area contributed by atoms with E-state index in [1.165, 1.54) is 30.3 Å². The summed E-state index contributed by atoms with van der Waals surface area (Å²) in [5, 5.41) is 2.76. The van der Waals surface area contributed by atoms with Gasteiger partial charge in [-0.2, -0.15) is 0 Å². The predicted octanol–water partition coefficient (Wildman–Crippen LogP) is 4.35. The van der Waals surface area contributed by atoms with Gasteiger partial charge in [0.1, 0.15) is 17.5 Å². The number of halogens is 2. The zero-order valence-corrected chi connectivity index (χ0v) is 16.7. The largest absolute Gasteiger partial charge is 0.489 e. The fraction of sp³-hybridized carbons (Fsp3) is 0.261. The lowest BCUT2D eigenvalue weighted by Crippen LogP contribution is -2.26. The number of aryl methyl sites for hydroxylation is 2. The highest BCUT2D eigenvalue weighted by Gasteiger charge is 2.60. The van der Waals surface area contributed by atoms with E-state index in [1.54, 1.807) is 31.3 Å². The second-order valence-corrected chi connectivity index (χ2v) is 7.57. The fourth-order valence-corrected chi connectivity index (χ4v) is 3.71. The van der Waals surface area contributed by atoms with Crippen LogP contribution in [0, 0.1) is 31.4 Å². The van der Waals surface area contributed by atoms with Crippen LogP contribution in [0.25, 0.3) is 0 Å². The van der Waals surface area contributed by atoms with Crippen LogP contribution in [0.4, 0.5) is 14.5 Å². The molecule has 1 amide bonds. The zero-order valence-electron chi connectivity index (χ0n) is 16.7. The molecule has 0 radical (unpaired) electrons. The van der Waals surface area contributed by atoms with Gasteiger partial charge in [0, 0.05) is 11.1 Å². The van der Waals surface area contributed by atoms with E-state index in [0.717, 1.165) is 5.56 Å². The van der Waals surface area contributed by atoms with Crippen molar-refractivity contribution in [2.24, 2.45) is 5.92 Å². The third-order valence-electron chi connectivity index (χ3n) is 5.44. The minimum Gasteiger partial charge on any atom is -0.489 e. The number of carbonyl (C=O) groups excluding carboxylic acids is 1. The third-order valence-corrected chi connectivity index (χ3v) is 5.44. The number of ether oxygens (including phenoxy) is 1. The molecule has 0 saturated heterocycles. The molecule has 1 saturated carbocycles. The molecule has 3 aromatic rings. The lowest BCUT2D eigenvalue weighted by molar-refractivity contribution is -0.117. The molecule has 0 aliphatic heterocycles. The van der Waals surface area contributed by atoms with E-state index >= 15 is 0 Å². The maximum Gasteiger partial charge on any atom is 0.228 e. The third kappa shape index (κ3) is 4.01. The van der Waals surface area contributed by atoms with Crippen LogP contribution < -0.4 is 10.1 Å². The number of aromatic nitrogens is 2. The molecule has 0 spiro atoms. The minimum atomic E-state index is -0.609. The average Bonchev–Trinajstić information content (AvgIpc) is 3.44. The monoisotopic (exact) mass is 409 g/mol. The lowest BCUT2D eigenvalue weighted by atomic mass is 9.93. The molecular weight excluding hydrogens is 388 g/mol. The summed E-state index contributed by atoms with van der Waals surface area (Å²) in [5.74, 6) is -0.209. The molecule has 5 nitrogen and oxygen atoms in total. The Bertz CT molecular complexity index is 1090. The van der Waals surface area contributed by atoms with E-state index in [1.807, 2.05) is 6.92 Å². The molecule has 0 unspecified atom stereocenters. The van der Waals surface area contributed by atoms with Crippen LogP contribution in [-0.2, 0) is 10.2 Å². The van der Waals surface area contributed by atoms with E-state index in [9.17, 15) is 13.6 Å². The van der Waals surface area contributed by atoms with Crippen LogP contribution in [0.1, 0.15) is 23.5 Å². The number of amides is 1. The topological polar surface area (TPSA) is 64.1 Å². The van der Waals surface area contributed by atoms with E-state index in [2.05, 4.69) is 15.3 Å². The normalized spacial score (nSPS) is 19.9. The molecule has 1 N–H and O–H groups in total. The number of benzene rings is 2. The molecule has 1 fully saturated rings. The number of hydrogen-bond acceptors (Lipinski definition) is 4. The summed E-state index contributed by atoms with van der Waals surface area (Å²) in [6.45, 7) is 3.84. The Morgan fingerprint density at radius 3 is 2.63 bits per heavy atom. The summed E-state index contributed by atoms with van der Waals surface area (Å²) in [7, 11) is 0. The Labute approximate surface area is 173 Å². The lowest BCUT2D eigenvalue weighted by Gasteiger charge is -2.19. The van der Waals surface area contributed by atoms with Gasteiger partial charge in [-0.05, 0) is 56.2 Å². The van der Waals surface area contributed by atoms with Crippen LogP contribution in [0.15, 0.2) is 54.7 Å². The second-order valence-electron chi connectivity index (χ2n) is 7.57. The first-order chi connectivity index (χ1) is 14.4. The van der Waals surface area contributed by atoms with Crippen molar-refractivity contribution in [2.75, 3.05) is 11.9 Å². The Kier molecular flexibility index (Phi) is 5.20. The molecular formula is C23H21F2N3O2. The van der Waals surface area contributed by atoms with Crippen molar-refractivity contribution in [1.82, 2.24) is 9.97 Å². The van der Waals surface area contributed by atoms with Gasteiger partial charge < -0.3 is 10.1 Å². The van der Waals surface area contributed by atoms with Gasteiger partial charge in [0.05, 0.1) is 24.4 Å². The number of rotatable bonds is 6. The standard InChI is InChI=1S/C23H21F2N3O2/c1-14-21(12-26-15(2)27-14)30-13-23(16-6-8-17(24)9-7-16)11-20(23)22(29)28-19-5-3-4-18(25)10-19/h3-10,12,20H,11,13H2,1-2H3,(H,28,29)/t20-,23+/m0/s1. The molecule has 7 heteroatoms. The summed E-state index contributed by atoms with van der Waals surface area (Å²) in [6, 6.07) is 11.8. The van der Waals surface area contributed by atoms with Crippen molar-refractivity contribution in [2.45, 2.75) is 25.7 Å². The molecule has 0 bridgehead atoms. The van der Waals surface area contributed by atoms with Crippen molar-refractivity contribution in [3.8, 4) is 5.75 Å². The smallest absolute Gasteiger partial charge is 0.228 e. The number of nitrogens with one attached hydrogen (secondary N) is 1. The van der Waals surface area contributed by atoms with Crippen LogP contribution in [0.3, 0.4) is 0 Å². The highest BCUT2D eigenvalue weighted by atomic mass is 19.1. The number of carbonyl (C=O) groups is 1. The number of nitrogens with zero attached hydrogens (tertiary/aromatic N) is 2. The van der Waals surface area contributed by atoms with Crippen LogP contribution in [-0.4, -0.2) is 22.5 Å². The highest BCUT2D eigenvalue weighted by molar-refractivity contribution is 5.96. The van der Waals surface area contributed by atoms with E-state index in [4.69, 9.17) is 4.74 Å². The quantitative estimate of drug-likeness (QED) is 0.658. The Balaban J connectivity index is 1.56. The summed E-state index contributed by atoms with van der Waals surface area (Å²) < 4.78 is 32.9. The number of anilines is 1. The van der Waals surface area contributed by atoms with Crippen LogP contribution in [0.5, 0.6) is 5.75 Å². The molecule has 2 aromatic carbocycles. The summed E-state index contributed by atoms with van der Waals surface area (Å²) in [5.41, 5.74) is 1.30. The Morgan fingerprint density at radius 1 is 1.17 bits per heavy atom. The maximum absolute atomic E-state index is 13.5. The summed E-state index contributed by atoms with van der Waals surface area (Å²) in [4.78, 5) is 21.3. The molecule has 1 aliphatic rings. The molecule has 1 heterocycles. The van der Waals surface area contributed by atoms with Gasteiger partial charge in [-0.3, -0.25) is 4.79 Å². The van der Waals surface area contributed by atoms with Gasteiger partial charge >= 0.3 is 0 Å². The van der Waals surface area contributed by atoms with E-state index < -0.39 is 17.2 Å². The predicted molar refractivity (Wildman–Crippen MR) is 108 cm³/mol. The first-order valence-electron chi connectivity index (χ1n) is 9.63. The molecule has 1 aromatic heterocycles. The Morgan fingerprint density at radius 2 is 1.93 bits per heavy atom. The molecule has 154 valence electrons. The highest BCUT2D eigenvalue weighted by Crippen LogP contribution is 2.55. The molecule has 30 heavy (non-hydrogen) atoms. The van der Waals surface area contributed by atoms with Crippen molar-refractivity contribution < 1.29 is 18.3 Å². The van der Waals surface area contributed by atoms with Crippen molar-refractivity contribution in [3.63, 3.8) is 0 Å². The van der Waals surface area contributed by atoms with Gasteiger partial charge in [0.2, 0.25) is 5.91 Å². The molecule has 4 rings (SSSR count). The second kappa shape index (κ2) is 7.82. The van der Waals surface area contributed by atoms with E-state index in [0.29, 0.717) is 29.4 Å². The minimum absolute atomic E-state index is 0.215. The van der Waals surface area contributed by atoms with Crippen molar-refractivity contribution in [3.05, 3.63) is 83.4 Å². The van der Waals surface area contributed by atoms with Crippen LogP contribution in [0.2, 0.25) is 0 Å². The first kappa shape index (κ1) is 19.9. The van der Waals surface area contributed by atoms with Crippen molar-refractivity contribution in [1.29, 1.82) is 0 Å². The SMILES string of the molecule is Cc1ncc(OC[C@@]2(c3ccc(F)cc3)C[C@H]2C(=O)Nc2cccc(F)c2)c(C)n1. The van der Waals surface area contributed by atoms with E-state index in [-0.39, 0.29) is 18.3 Å². The van der Waals surface area contributed by atoms with Crippen molar-refractivity contribution >= 4 is 11.6 Å². The van der Waals surface area contributed by atoms with Gasteiger partial charge in [-0.1, -0.05) is 18.2 Å². The van der Waals surface area contributed by atoms with Crippen LogP contribution >= 0.6 is 0 Å². The maximum atomic E-state index is 13.5. The molecule has 2 atom stereocenters. The Hall–Kier alpha value is -3.35. The summed E-state index contributed by atoms with van der Waals surface area (Å²) in [6.07, 6.45) is 2.14. The van der Waals surface area contributed by atoms with Gasteiger partial charge in [0.15, 0.2) is 5.75 Å². The van der Waals surface area contributed by atoms with Gasteiger partial charge in [-0.15, -0.1) is 0 Å². The zero-order chi connectivity index (χ0) is 21.3. The van der Waals surface area contributed by atoms with Gasteiger partial charge in [-0.25, -0.2) is 18.7 Å². The number of hydrogen-bond donors (Lipinski definition) is 1. The fourth-order valence-electron chi connectivity index (χ4n) is 3.71. The average molecular weight is 409 g/mol. The first-order valence-corrected chi connectivity index (χ1v) is 9.63. The van der Waals surface area contributed by atoms with Gasteiger partial charge in [0.25, 0.3) is 0 Å².